The fourth-order valence-electron chi connectivity index (χ4n) is 13.9. The van der Waals surface area contributed by atoms with Crippen LogP contribution >= 0.6 is 0 Å². The summed E-state index contributed by atoms with van der Waals surface area (Å²) in [6.07, 6.45) is 0. The molecule has 0 bridgehead atoms. The smallest absolute Gasteiger partial charge is 0.343 e. The second kappa shape index (κ2) is 31.7. The molecule has 0 N–H and O–H groups in total. The molecule has 0 radical (unpaired) electrons. The Hall–Kier alpha value is -13.9. The molecule has 0 aliphatic rings. The zero-order valence-corrected chi connectivity index (χ0v) is 62.4. The molecule has 0 amide bonds. The Morgan fingerprint density at radius 1 is 0.200 bits per heavy atom. The number of hydrogen-bond acceptors (Lipinski definition) is 9. The lowest BCUT2D eigenvalue weighted by Gasteiger charge is -2.32. The third-order valence-electron chi connectivity index (χ3n) is 20.4. The Bertz CT molecular complexity index is 4990. The van der Waals surface area contributed by atoms with E-state index in [2.05, 4.69) is 282 Å². The quantitative estimate of drug-likeness (QED) is 0.0396. The maximum atomic E-state index is 13.9. The van der Waals surface area contributed by atoms with Crippen LogP contribution in [0.4, 0.5) is 51.2 Å². The number of anilines is 9. The van der Waals surface area contributed by atoms with E-state index in [1.165, 1.54) is 33.4 Å². The second-order valence-corrected chi connectivity index (χ2v) is 28.3. The number of aryl methyl sites for hydroxylation is 6. The lowest BCUT2D eigenvalue weighted by atomic mass is 9.71. The van der Waals surface area contributed by atoms with Gasteiger partial charge in [-0.25, -0.2) is 14.4 Å². The number of esters is 3. The van der Waals surface area contributed by atoms with Gasteiger partial charge in [-0.3, -0.25) is 0 Å². The molecular weight excluding hydrogens is 1350 g/mol. The summed E-state index contributed by atoms with van der Waals surface area (Å²) in [6, 6.07) is 121. The molecule has 0 unspecified atom stereocenters. The molecule has 0 fully saturated rings. The number of rotatable bonds is 21. The third-order valence-corrected chi connectivity index (χ3v) is 20.4. The van der Waals surface area contributed by atoms with Crippen molar-refractivity contribution in [1.29, 1.82) is 0 Å². The molecule has 0 saturated carbocycles. The van der Waals surface area contributed by atoms with E-state index in [4.69, 9.17) is 14.2 Å². The Morgan fingerprint density at radius 2 is 0.345 bits per heavy atom. The molecule has 9 nitrogen and oxygen atoms in total. The van der Waals surface area contributed by atoms with Crippen molar-refractivity contribution in [3.8, 4) is 50.6 Å². The summed E-state index contributed by atoms with van der Waals surface area (Å²) in [7, 11) is 0. The molecule has 9 heteroatoms. The summed E-state index contributed by atoms with van der Waals surface area (Å²) < 4.78 is 18.1. The van der Waals surface area contributed by atoms with E-state index in [1.807, 2.05) is 72.8 Å². The van der Waals surface area contributed by atoms with Crippen molar-refractivity contribution in [2.75, 3.05) is 14.7 Å². The van der Waals surface area contributed by atoms with Gasteiger partial charge in [0.2, 0.25) is 0 Å². The second-order valence-electron chi connectivity index (χ2n) is 28.3. The van der Waals surface area contributed by atoms with Crippen LogP contribution in [0.1, 0.15) is 88.1 Å². The Labute approximate surface area is 643 Å². The Morgan fingerprint density at radius 3 is 0.509 bits per heavy atom. The summed E-state index contributed by atoms with van der Waals surface area (Å²) in [4.78, 5) is 48.4. The fraction of sp³-hybridized carbons (Fsp3) is 0.0792. The molecule has 15 rings (SSSR count). The van der Waals surface area contributed by atoms with Gasteiger partial charge in [-0.05, 0) is 281 Å². The zero-order valence-electron chi connectivity index (χ0n) is 62.4. The lowest BCUT2D eigenvalue weighted by Crippen LogP contribution is -2.25. The van der Waals surface area contributed by atoms with Gasteiger partial charge in [0.05, 0.1) is 16.7 Å². The first-order chi connectivity index (χ1) is 53.5. The van der Waals surface area contributed by atoms with Gasteiger partial charge in [-0.2, -0.15) is 0 Å². The summed E-state index contributed by atoms with van der Waals surface area (Å²) in [5, 5.41) is 0. The normalized spacial score (nSPS) is 11.2. The monoisotopic (exact) mass is 1430 g/mol. The summed E-state index contributed by atoms with van der Waals surface area (Å²) in [5.74, 6) is -0.377. The van der Waals surface area contributed by atoms with Crippen LogP contribution in [0.2, 0.25) is 0 Å². The van der Waals surface area contributed by atoms with Crippen LogP contribution in [-0.4, -0.2) is 17.9 Å². The topological polar surface area (TPSA) is 88.6 Å². The predicted octanol–water partition coefficient (Wildman–Crippen LogP) is 26.0. The SMILES string of the molecule is Cc1ccc(N(c2ccc(C)cc2)c2ccc(-c3ccc(C(=O)Oc4ccc(C(C)(c5ccc(OC(=O)c6ccc(-c7ccc(N(c8ccc(C)cc8)c8ccc(C)cc8)cc7)cc6)cc5)c5ccc(OC(=O)c6ccc(-c7ccc(N(c8ccc(C)cc8)c8ccc(C)cc8)cc7)cc6)cc5)cc4)cc3)cc2)cc1. The highest BCUT2D eigenvalue weighted by Crippen LogP contribution is 2.44. The van der Waals surface area contributed by atoms with Gasteiger partial charge in [0, 0.05) is 56.6 Å². The van der Waals surface area contributed by atoms with E-state index in [1.54, 1.807) is 72.8 Å². The average Bonchev–Trinajstić information content (AvgIpc) is 0.764. The van der Waals surface area contributed by atoms with Crippen molar-refractivity contribution in [3.05, 3.63) is 431 Å². The van der Waals surface area contributed by atoms with Crippen molar-refractivity contribution < 1.29 is 28.6 Å². The van der Waals surface area contributed by atoms with Crippen LogP contribution in [0.25, 0.3) is 33.4 Å². The number of benzene rings is 15. The van der Waals surface area contributed by atoms with Crippen LogP contribution in [0.3, 0.4) is 0 Å². The number of ether oxygens (including phenoxy) is 3. The van der Waals surface area contributed by atoms with Crippen LogP contribution in [0.5, 0.6) is 17.2 Å². The first-order valence-electron chi connectivity index (χ1n) is 36.9. The van der Waals surface area contributed by atoms with E-state index < -0.39 is 23.3 Å². The van der Waals surface area contributed by atoms with Crippen LogP contribution < -0.4 is 28.9 Å². The summed E-state index contributed by atoms with van der Waals surface area (Å²) in [6.45, 7) is 14.7. The van der Waals surface area contributed by atoms with E-state index >= 15 is 0 Å². The fourth-order valence-corrected chi connectivity index (χ4v) is 13.9. The third kappa shape index (κ3) is 16.0. The van der Waals surface area contributed by atoms with Gasteiger partial charge in [0.1, 0.15) is 17.2 Å². The molecule has 110 heavy (non-hydrogen) atoms. The molecule has 15 aromatic carbocycles. The number of nitrogens with zero attached hydrogens (tertiary/aromatic N) is 3. The van der Waals surface area contributed by atoms with E-state index in [9.17, 15) is 14.4 Å². The van der Waals surface area contributed by atoms with Crippen molar-refractivity contribution in [2.24, 2.45) is 0 Å². The minimum Gasteiger partial charge on any atom is -0.423 e. The minimum atomic E-state index is -0.845. The van der Waals surface area contributed by atoms with Gasteiger partial charge < -0.3 is 28.9 Å². The number of carbonyl (C=O) groups excluding carboxylic acids is 3. The minimum absolute atomic E-state index is 0.368. The van der Waals surface area contributed by atoms with Gasteiger partial charge in [-0.15, -0.1) is 0 Å². The Balaban J connectivity index is 0.645. The van der Waals surface area contributed by atoms with E-state index in [0.29, 0.717) is 33.9 Å². The maximum absolute atomic E-state index is 13.9. The van der Waals surface area contributed by atoms with Gasteiger partial charge in [0.15, 0.2) is 0 Å². The average molecular weight is 1430 g/mol. The maximum Gasteiger partial charge on any atom is 0.343 e. The van der Waals surface area contributed by atoms with Crippen LogP contribution in [0.15, 0.2) is 364 Å². The standard InChI is InChI=1S/C101H81N3O6/c1-68-8-44-86(45-9-68)102(87-46-10-69(2)11-47-87)92-56-32-77(33-57-92)74-20-26-80(27-21-74)98(105)108-95-62-38-83(39-63-95)101(7,84-40-64-96(65-41-84)109-99(106)81-28-22-75(23-29-81)78-34-58-93(59-35-78)103(88-48-12-70(3)13-49-88)89-50-14-71(4)15-51-89)85-42-66-97(67-43-85)110-100(107)82-30-24-76(25-31-82)79-36-60-94(61-37-79)104(90-52-16-72(5)17-53-90)91-54-18-73(6)19-55-91/h8-67H,1-7H3. The molecule has 536 valence electrons. The summed E-state index contributed by atoms with van der Waals surface area (Å²) in [5.41, 5.74) is 25.5. The van der Waals surface area contributed by atoms with Gasteiger partial charge in [-0.1, -0.05) is 215 Å². The molecule has 0 saturated heterocycles. The molecule has 15 aromatic rings. The van der Waals surface area contributed by atoms with Gasteiger partial charge >= 0.3 is 17.9 Å². The highest BCUT2D eigenvalue weighted by molar-refractivity contribution is 5.94. The van der Waals surface area contributed by atoms with Crippen molar-refractivity contribution in [3.63, 3.8) is 0 Å². The molecule has 0 atom stereocenters. The van der Waals surface area contributed by atoms with Crippen molar-refractivity contribution in [1.82, 2.24) is 0 Å². The van der Waals surface area contributed by atoms with E-state index in [-0.39, 0.29) is 0 Å². The Kier molecular flexibility index (Phi) is 20.6. The lowest BCUT2D eigenvalue weighted by molar-refractivity contribution is 0.0725. The number of hydrogen-bond donors (Lipinski definition) is 0. The molecule has 0 heterocycles. The van der Waals surface area contributed by atoms with Crippen LogP contribution in [0, 0.1) is 41.5 Å². The summed E-state index contributed by atoms with van der Waals surface area (Å²) >= 11 is 0. The van der Waals surface area contributed by atoms with Crippen molar-refractivity contribution in [2.45, 2.75) is 53.9 Å². The largest absolute Gasteiger partial charge is 0.423 e. The van der Waals surface area contributed by atoms with E-state index in [0.717, 1.165) is 101 Å². The van der Waals surface area contributed by atoms with Gasteiger partial charge in [0.25, 0.3) is 0 Å². The zero-order chi connectivity index (χ0) is 75.8. The molecule has 0 aromatic heterocycles. The highest BCUT2D eigenvalue weighted by Gasteiger charge is 2.32. The van der Waals surface area contributed by atoms with Crippen LogP contribution in [-0.2, 0) is 5.41 Å². The molecule has 0 aliphatic carbocycles. The van der Waals surface area contributed by atoms with Crippen molar-refractivity contribution >= 4 is 69.1 Å². The predicted molar refractivity (Wildman–Crippen MR) is 448 cm³/mol. The number of carbonyl (C=O) groups is 3. The molecular formula is C101H81N3O6. The highest BCUT2D eigenvalue weighted by atomic mass is 16.5. The first-order valence-corrected chi connectivity index (χ1v) is 36.9. The first kappa shape index (κ1) is 71.7. The molecule has 0 aliphatic heterocycles. The molecule has 0 spiro atoms.